The van der Waals surface area contributed by atoms with Crippen LogP contribution in [0.15, 0.2) is 36.5 Å². The second-order valence-electron chi connectivity index (χ2n) is 6.79. The Bertz CT molecular complexity index is 1140. The molecule has 0 saturated carbocycles. The molecular formula is C21H18NO6+. The summed E-state index contributed by atoms with van der Waals surface area (Å²) in [6.07, 6.45) is 2.19. The van der Waals surface area contributed by atoms with Crippen LogP contribution in [0.5, 0.6) is 23.0 Å². The van der Waals surface area contributed by atoms with Gasteiger partial charge in [0.05, 0.1) is 25.2 Å². The number of ether oxygens (including phenoxy) is 4. The Morgan fingerprint density at radius 1 is 1.14 bits per heavy atom. The number of aliphatic carboxylic acids is 1. The number of carboxylic acid groups (broad SMARTS) is 1. The third-order valence-electron chi connectivity index (χ3n) is 5.36. The van der Waals surface area contributed by atoms with Crippen molar-refractivity contribution in [3.8, 4) is 34.3 Å². The Labute approximate surface area is 160 Å². The molecule has 28 heavy (non-hydrogen) atoms. The summed E-state index contributed by atoms with van der Waals surface area (Å²) in [5.41, 5.74) is 2.68. The van der Waals surface area contributed by atoms with Gasteiger partial charge in [-0.05, 0) is 35.2 Å². The maximum atomic E-state index is 12.0. The van der Waals surface area contributed by atoms with Crippen molar-refractivity contribution in [2.75, 3.05) is 21.0 Å². The molecule has 0 spiro atoms. The van der Waals surface area contributed by atoms with E-state index in [0.717, 1.165) is 27.6 Å². The lowest BCUT2D eigenvalue weighted by Crippen LogP contribution is -2.49. The van der Waals surface area contributed by atoms with Gasteiger partial charge in [0, 0.05) is 12.5 Å². The number of aromatic nitrogens is 1. The van der Waals surface area contributed by atoms with Gasteiger partial charge < -0.3 is 24.1 Å². The van der Waals surface area contributed by atoms with Crippen LogP contribution in [0.2, 0.25) is 0 Å². The summed E-state index contributed by atoms with van der Waals surface area (Å²) < 4.78 is 23.7. The molecule has 142 valence electrons. The summed E-state index contributed by atoms with van der Waals surface area (Å²) in [7, 11) is 3.15. The maximum absolute atomic E-state index is 12.0. The van der Waals surface area contributed by atoms with E-state index in [1.807, 2.05) is 36.5 Å². The summed E-state index contributed by atoms with van der Waals surface area (Å²) in [5.74, 6) is 1.61. The number of methoxy groups -OCH3 is 2. The van der Waals surface area contributed by atoms with Crippen LogP contribution in [0.3, 0.4) is 0 Å². The molecule has 0 bridgehead atoms. The third kappa shape index (κ3) is 2.29. The van der Waals surface area contributed by atoms with E-state index in [-0.39, 0.29) is 6.79 Å². The first kappa shape index (κ1) is 16.7. The van der Waals surface area contributed by atoms with Crippen molar-refractivity contribution in [1.82, 2.24) is 0 Å². The molecule has 0 amide bonds. The molecule has 3 aromatic rings. The van der Waals surface area contributed by atoms with Gasteiger partial charge >= 0.3 is 5.97 Å². The van der Waals surface area contributed by atoms with Gasteiger partial charge in [-0.2, -0.15) is 4.57 Å². The zero-order valence-electron chi connectivity index (χ0n) is 15.4. The fourth-order valence-electron chi connectivity index (χ4n) is 4.03. The van der Waals surface area contributed by atoms with Crippen LogP contribution in [0.25, 0.3) is 22.0 Å². The Balaban J connectivity index is 1.81. The van der Waals surface area contributed by atoms with Crippen molar-refractivity contribution in [1.29, 1.82) is 0 Å². The zero-order chi connectivity index (χ0) is 19.4. The first-order valence-corrected chi connectivity index (χ1v) is 8.86. The van der Waals surface area contributed by atoms with Crippen molar-refractivity contribution in [3.63, 3.8) is 0 Å². The van der Waals surface area contributed by atoms with Crippen molar-refractivity contribution in [3.05, 3.63) is 42.1 Å². The van der Waals surface area contributed by atoms with Crippen LogP contribution in [0.1, 0.15) is 11.6 Å². The number of hydrogen-bond donors (Lipinski definition) is 1. The smallest absolute Gasteiger partial charge is 0.373 e. The molecule has 3 heterocycles. The summed E-state index contributed by atoms with van der Waals surface area (Å²) in [5, 5.41) is 11.6. The van der Waals surface area contributed by atoms with E-state index in [0.29, 0.717) is 29.4 Å². The van der Waals surface area contributed by atoms with Gasteiger partial charge in [0.25, 0.3) is 6.04 Å². The summed E-state index contributed by atoms with van der Waals surface area (Å²) in [6, 6.07) is 8.84. The lowest BCUT2D eigenvalue weighted by atomic mass is 9.91. The topological polar surface area (TPSA) is 78.1 Å². The van der Waals surface area contributed by atoms with Gasteiger partial charge in [0.2, 0.25) is 12.5 Å². The molecule has 7 heteroatoms. The highest BCUT2D eigenvalue weighted by molar-refractivity contribution is 5.92. The molecule has 0 saturated heterocycles. The minimum absolute atomic E-state index is 0.176. The molecule has 0 fully saturated rings. The number of carbonyl (C=O) groups is 1. The van der Waals surface area contributed by atoms with Crippen LogP contribution in [0, 0.1) is 0 Å². The Morgan fingerprint density at radius 3 is 2.64 bits per heavy atom. The van der Waals surface area contributed by atoms with Gasteiger partial charge in [-0.1, -0.05) is 0 Å². The predicted molar refractivity (Wildman–Crippen MR) is 99.2 cm³/mol. The van der Waals surface area contributed by atoms with Crippen LogP contribution in [-0.2, 0) is 11.2 Å². The lowest BCUT2D eigenvalue weighted by Gasteiger charge is -2.21. The van der Waals surface area contributed by atoms with E-state index >= 15 is 0 Å². The largest absolute Gasteiger partial charge is 0.493 e. The SMILES string of the molecule is COc1ccc2cc3[n+](cc2c1OC)C(C(=O)O)Cc1cc2c(cc1-3)OCO2. The van der Waals surface area contributed by atoms with Crippen LogP contribution >= 0.6 is 0 Å². The van der Waals surface area contributed by atoms with Crippen molar-refractivity contribution < 1.29 is 33.4 Å². The number of rotatable bonds is 3. The molecule has 0 radical (unpaired) electrons. The van der Waals surface area contributed by atoms with Gasteiger partial charge in [-0.25, -0.2) is 4.79 Å². The standard InChI is InChI=1S/C21H17NO6/c1-25-17-4-3-11-5-15-13-8-19-18(27-10-28-19)7-12(13)6-16(21(23)24)22(15)9-14(11)20(17)26-2/h3-5,7-9,16H,6,10H2,1-2H3/p+1. The first-order valence-electron chi connectivity index (χ1n) is 8.86. The van der Waals surface area contributed by atoms with Gasteiger partial charge in [0.15, 0.2) is 29.2 Å². The van der Waals surface area contributed by atoms with E-state index in [2.05, 4.69) is 0 Å². The number of hydrogen-bond acceptors (Lipinski definition) is 5. The molecule has 1 aromatic heterocycles. The minimum atomic E-state index is -0.893. The predicted octanol–water partition coefficient (Wildman–Crippen LogP) is 2.72. The van der Waals surface area contributed by atoms with E-state index in [9.17, 15) is 9.90 Å². The van der Waals surface area contributed by atoms with Crippen LogP contribution in [0.4, 0.5) is 0 Å². The molecule has 1 atom stereocenters. The van der Waals surface area contributed by atoms with Crippen molar-refractivity contribution >= 4 is 16.7 Å². The number of pyridine rings is 1. The van der Waals surface area contributed by atoms with Gasteiger partial charge in [-0.15, -0.1) is 0 Å². The van der Waals surface area contributed by atoms with E-state index in [1.54, 1.807) is 18.8 Å². The summed E-state index contributed by atoms with van der Waals surface area (Å²) >= 11 is 0. The van der Waals surface area contributed by atoms with E-state index < -0.39 is 12.0 Å². The minimum Gasteiger partial charge on any atom is -0.493 e. The fraction of sp³-hybridized carbons (Fsp3) is 0.238. The Kier molecular flexibility index (Phi) is 3.58. The van der Waals surface area contributed by atoms with E-state index in [4.69, 9.17) is 18.9 Å². The quantitative estimate of drug-likeness (QED) is 0.704. The molecule has 2 aromatic carbocycles. The van der Waals surface area contributed by atoms with Gasteiger partial charge in [0.1, 0.15) is 0 Å². The van der Waals surface area contributed by atoms with E-state index in [1.165, 1.54) is 0 Å². The third-order valence-corrected chi connectivity index (χ3v) is 5.36. The second-order valence-corrected chi connectivity index (χ2v) is 6.79. The summed E-state index contributed by atoms with van der Waals surface area (Å²) in [6.45, 7) is 0.176. The maximum Gasteiger partial charge on any atom is 0.373 e. The molecule has 1 N–H and O–H groups in total. The van der Waals surface area contributed by atoms with Crippen molar-refractivity contribution in [2.24, 2.45) is 0 Å². The first-order chi connectivity index (χ1) is 13.6. The molecule has 0 aliphatic carbocycles. The lowest BCUT2D eigenvalue weighted by molar-refractivity contribution is -0.700. The fourth-order valence-corrected chi connectivity index (χ4v) is 4.03. The normalized spacial score (nSPS) is 16.4. The number of fused-ring (bicyclic) bond motifs is 5. The van der Waals surface area contributed by atoms with Crippen LogP contribution < -0.4 is 23.5 Å². The highest BCUT2D eigenvalue weighted by Crippen LogP contribution is 2.43. The Hall–Kier alpha value is -3.48. The van der Waals surface area contributed by atoms with Crippen LogP contribution in [-0.4, -0.2) is 32.1 Å². The molecule has 7 nitrogen and oxygen atoms in total. The molecule has 2 aliphatic rings. The van der Waals surface area contributed by atoms with Crippen molar-refractivity contribution in [2.45, 2.75) is 12.5 Å². The monoisotopic (exact) mass is 380 g/mol. The average Bonchev–Trinajstić information content (AvgIpc) is 3.16. The Morgan fingerprint density at radius 2 is 1.93 bits per heavy atom. The zero-order valence-corrected chi connectivity index (χ0v) is 15.4. The number of carboxylic acids is 1. The number of nitrogens with zero attached hydrogens (tertiary/aromatic N) is 1. The van der Waals surface area contributed by atoms with Gasteiger partial charge in [-0.3, -0.25) is 0 Å². The molecule has 5 rings (SSSR count). The molecule has 2 aliphatic heterocycles. The second kappa shape index (κ2) is 6.02. The average molecular weight is 380 g/mol. The highest BCUT2D eigenvalue weighted by atomic mass is 16.7. The highest BCUT2D eigenvalue weighted by Gasteiger charge is 2.39. The number of benzene rings is 2. The molecular weight excluding hydrogens is 362 g/mol. The summed E-state index contributed by atoms with van der Waals surface area (Å²) in [4.78, 5) is 12.0. The molecule has 1 unspecified atom stereocenters.